The predicted octanol–water partition coefficient (Wildman–Crippen LogP) is 2.57. The fraction of sp³-hybridized carbons (Fsp3) is 0.167. The van der Waals surface area contributed by atoms with E-state index in [1.807, 2.05) is 0 Å². The number of oxime groups is 1. The molecule has 0 aliphatic rings. The molecule has 1 heterocycles. The van der Waals surface area contributed by atoms with Crippen LogP contribution in [0.2, 0.25) is 0 Å². The maximum atomic E-state index is 13.2. The Morgan fingerprint density at radius 1 is 1.45 bits per heavy atom. The van der Waals surface area contributed by atoms with Crippen LogP contribution in [0.15, 0.2) is 37.5 Å². The predicted molar refractivity (Wildman–Crippen MR) is 78.8 cm³/mol. The van der Waals surface area contributed by atoms with E-state index in [9.17, 15) is 9.18 Å². The highest BCUT2D eigenvalue weighted by molar-refractivity contribution is 9.10. The average molecular weight is 390 g/mol. The van der Waals surface area contributed by atoms with Gasteiger partial charge in [-0.3, -0.25) is 4.79 Å². The standard InChI is InChI=1S/C12H9BrFN3O4S/c13-7-3-6(1-2-8(7)14)4-9(15-20)11-12(17-21-16-11)22-5-10(18)19/h1-3,20H,4-5H2,(H,18,19)/b15-9+. The lowest BCUT2D eigenvalue weighted by Gasteiger charge is -2.04. The molecule has 0 aliphatic carbocycles. The molecule has 0 saturated heterocycles. The smallest absolute Gasteiger partial charge is 0.313 e. The Balaban J connectivity index is 2.20. The summed E-state index contributed by atoms with van der Waals surface area (Å²) in [5, 5.41) is 28.4. The Morgan fingerprint density at radius 2 is 2.23 bits per heavy atom. The van der Waals surface area contributed by atoms with Crippen molar-refractivity contribution in [1.82, 2.24) is 10.3 Å². The van der Waals surface area contributed by atoms with Crippen molar-refractivity contribution in [3.63, 3.8) is 0 Å². The van der Waals surface area contributed by atoms with Gasteiger partial charge < -0.3 is 10.3 Å². The minimum Gasteiger partial charge on any atom is -0.481 e. The van der Waals surface area contributed by atoms with Crippen LogP contribution < -0.4 is 0 Å². The van der Waals surface area contributed by atoms with Crippen LogP contribution in [-0.2, 0) is 11.2 Å². The van der Waals surface area contributed by atoms with Gasteiger partial charge in [0.2, 0.25) is 0 Å². The molecular formula is C12H9BrFN3O4S. The molecule has 2 aromatic rings. The van der Waals surface area contributed by atoms with Gasteiger partial charge in [0.05, 0.1) is 10.2 Å². The summed E-state index contributed by atoms with van der Waals surface area (Å²) < 4.78 is 18.1. The van der Waals surface area contributed by atoms with Crippen molar-refractivity contribution in [3.05, 3.63) is 39.7 Å². The molecule has 0 bridgehead atoms. The van der Waals surface area contributed by atoms with E-state index in [-0.39, 0.29) is 33.1 Å². The number of carboxylic acid groups (broad SMARTS) is 1. The molecule has 0 fully saturated rings. The average Bonchev–Trinajstić information content (AvgIpc) is 2.94. The Labute approximate surface area is 136 Å². The summed E-state index contributed by atoms with van der Waals surface area (Å²) >= 11 is 3.96. The van der Waals surface area contributed by atoms with Crippen molar-refractivity contribution < 1.29 is 24.1 Å². The van der Waals surface area contributed by atoms with Crippen molar-refractivity contribution >= 4 is 39.4 Å². The molecule has 1 aromatic carbocycles. The summed E-state index contributed by atoms with van der Waals surface area (Å²) in [4.78, 5) is 10.6. The zero-order valence-corrected chi connectivity index (χ0v) is 13.3. The van der Waals surface area contributed by atoms with Crippen LogP contribution in [0.25, 0.3) is 0 Å². The number of hydrogen-bond donors (Lipinski definition) is 2. The number of thioether (sulfide) groups is 1. The largest absolute Gasteiger partial charge is 0.481 e. The molecule has 116 valence electrons. The fourth-order valence-electron chi connectivity index (χ4n) is 1.59. The van der Waals surface area contributed by atoms with Gasteiger partial charge in [-0.1, -0.05) is 23.0 Å². The van der Waals surface area contributed by atoms with Gasteiger partial charge in [0.25, 0.3) is 0 Å². The van der Waals surface area contributed by atoms with Crippen molar-refractivity contribution in [2.24, 2.45) is 5.16 Å². The van der Waals surface area contributed by atoms with E-state index < -0.39 is 11.8 Å². The van der Waals surface area contributed by atoms with Crippen LogP contribution in [0.5, 0.6) is 0 Å². The molecule has 0 amide bonds. The molecule has 2 rings (SSSR count). The molecule has 0 radical (unpaired) electrons. The molecule has 0 atom stereocenters. The summed E-state index contributed by atoms with van der Waals surface area (Å²) in [5.41, 5.74) is 0.945. The van der Waals surface area contributed by atoms with Gasteiger partial charge in [-0.15, -0.1) is 0 Å². The van der Waals surface area contributed by atoms with Crippen LogP contribution in [0.4, 0.5) is 4.39 Å². The van der Waals surface area contributed by atoms with Crippen LogP contribution in [-0.4, -0.2) is 38.1 Å². The third-order valence-corrected chi connectivity index (χ3v) is 4.08. The third kappa shape index (κ3) is 4.04. The molecule has 0 saturated carbocycles. The molecule has 22 heavy (non-hydrogen) atoms. The van der Waals surface area contributed by atoms with Crippen molar-refractivity contribution in [1.29, 1.82) is 0 Å². The third-order valence-electron chi connectivity index (χ3n) is 2.54. The lowest BCUT2D eigenvalue weighted by molar-refractivity contribution is -0.133. The Bertz CT molecular complexity index is 722. The number of nitrogens with zero attached hydrogens (tertiary/aromatic N) is 3. The maximum Gasteiger partial charge on any atom is 0.313 e. The second-order valence-corrected chi connectivity index (χ2v) is 5.89. The number of hydrogen-bond acceptors (Lipinski definition) is 7. The van der Waals surface area contributed by atoms with Crippen LogP contribution in [0, 0.1) is 5.82 Å². The minimum atomic E-state index is -1.02. The molecule has 7 nitrogen and oxygen atoms in total. The molecular weight excluding hydrogens is 381 g/mol. The van der Waals surface area contributed by atoms with Gasteiger partial charge in [-0.05, 0) is 43.9 Å². The van der Waals surface area contributed by atoms with Crippen LogP contribution >= 0.6 is 27.7 Å². The molecule has 0 spiro atoms. The van der Waals surface area contributed by atoms with Gasteiger partial charge in [0.1, 0.15) is 11.5 Å². The van der Waals surface area contributed by atoms with E-state index in [1.165, 1.54) is 18.2 Å². The topological polar surface area (TPSA) is 109 Å². The summed E-state index contributed by atoms with van der Waals surface area (Å²) in [6.07, 6.45) is 0.143. The van der Waals surface area contributed by atoms with Crippen LogP contribution in [0.3, 0.4) is 0 Å². The summed E-state index contributed by atoms with van der Waals surface area (Å²) in [5.74, 6) is -1.67. The van der Waals surface area contributed by atoms with Crippen LogP contribution in [0.1, 0.15) is 11.3 Å². The summed E-state index contributed by atoms with van der Waals surface area (Å²) in [6, 6.07) is 4.34. The second kappa shape index (κ2) is 7.36. The highest BCUT2D eigenvalue weighted by Gasteiger charge is 2.19. The quantitative estimate of drug-likeness (QED) is 0.338. The first-order valence-corrected chi connectivity index (χ1v) is 7.61. The maximum absolute atomic E-state index is 13.2. The van der Waals surface area contributed by atoms with Gasteiger partial charge in [-0.2, -0.15) is 0 Å². The number of benzene rings is 1. The van der Waals surface area contributed by atoms with E-state index in [2.05, 4.69) is 36.0 Å². The van der Waals surface area contributed by atoms with Gasteiger partial charge >= 0.3 is 5.97 Å². The number of aliphatic carboxylic acids is 1. The van der Waals surface area contributed by atoms with E-state index in [4.69, 9.17) is 10.3 Å². The first-order valence-electron chi connectivity index (χ1n) is 5.83. The SMILES string of the molecule is O=C(O)CSc1nonc1/C(Cc1ccc(F)c(Br)c1)=N/O. The molecule has 1 aromatic heterocycles. The monoisotopic (exact) mass is 389 g/mol. The summed E-state index contributed by atoms with van der Waals surface area (Å²) in [7, 11) is 0. The van der Waals surface area contributed by atoms with Crippen molar-refractivity contribution in [3.8, 4) is 0 Å². The van der Waals surface area contributed by atoms with E-state index in [1.54, 1.807) is 0 Å². The number of halogens is 2. The van der Waals surface area contributed by atoms with Gasteiger partial charge in [0, 0.05) is 6.42 Å². The highest BCUT2D eigenvalue weighted by Crippen LogP contribution is 2.22. The van der Waals surface area contributed by atoms with Gasteiger partial charge in [-0.25, -0.2) is 9.02 Å². The van der Waals surface area contributed by atoms with Crippen molar-refractivity contribution in [2.75, 3.05) is 5.75 Å². The van der Waals surface area contributed by atoms with E-state index in [0.29, 0.717) is 5.56 Å². The molecule has 0 unspecified atom stereocenters. The second-order valence-electron chi connectivity index (χ2n) is 4.07. The number of carbonyl (C=O) groups is 1. The lowest BCUT2D eigenvalue weighted by atomic mass is 10.1. The van der Waals surface area contributed by atoms with E-state index in [0.717, 1.165) is 11.8 Å². The normalized spacial score (nSPS) is 11.6. The first-order chi connectivity index (χ1) is 10.5. The highest BCUT2D eigenvalue weighted by atomic mass is 79.9. The summed E-state index contributed by atoms with van der Waals surface area (Å²) in [6.45, 7) is 0. The van der Waals surface area contributed by atoms with Gasteiger partial charge in [0.15, 0.2) is 10.7 Å². The number of aromatic nitrogens is 2. The van der Waals surface area contributed by atoms with E-state index >= 15 is 0 Å². The van der Waals surface area contributed by atoms with Crippen molar-refractivity contribution in [2.45, 2.75) is 11.4 Å². The first kappa shape index (κ1) is 16.4. The molecule has 10 heteroatoms. The zero-order chi connectivity index (χ0) is 16.1. The number of carboxylic acids is 1. The Hall–Kier alpha value is -1.94. The minimum absolute atomic E-state index is 0.132. The number of rotatable bonds is 6. The zero-order valence-electron chi connectivity index (χ0n) is 10.9. The Kier molecular flexibility index (Phi) is 5.50. The lowest BCUT2D eigenvalue weighted by Crippen LogP contribution is -2.08. The molecule has 2 N–H and O–H groups in total. The Morgan fingerprint density at radius 3 is 2.86 bits per heavy atom. The molecule has 0 aliphatic heterocycles. The fourth-order valence-corrected chi connectivity index (χ4v) is 2.66.